The summed E-state index contributed by atoms with van der Waals surface area (Å²) in [5.74, 6) is 0.343. The second-order valence-corrected chi connectivity index (χ2v) is 4.92. The predicted octanol–water partition coefficient (Wildman–Crippen LogP) is 1.23. The molecule has 0 aromatic carbocycles. The van der Waals surface area contributed by atoms with Gasteiger partial charge in [-0.25, -0.2) is 0 Å². The lowest BCUT2D eigenvalue weighted by Gasteiger charge is -2.24. The Balaban J connectivity index is 2.62. The highest BCUT2D eigenvalue weighted by Crippen LogP contribution is 2.25. The molecule has 0 saturated carbocycles. The normalized spacial score (nSPS) is 28.0. The summed E-state index contributed by atoms with van der Waals surface area (Å²) in [6.07, 6.45) is 0. The van der Waals surface area contributed by atoms with Gasteiger partial charge in [-0.05, 0) is 6.54 Å². The van der Waals surface area contributed by atoms with E-state index in [0.717, 1.165) is 6.54 Å². The molecule has 82 valence electrons. The number of carbonyl (C=O) groups is 1. The topological polar surface area (TPSA) is 38.3 Å². The minimum absolute atomic E-state index is 0.0370. The molecule has 0 radical (unpaired) electrons. The van der Waals surface area contributed by atoms with Gasteiger partial charge in [0.1, 0.15) is 5.78 Å². The monoisotopic (exact) mass is 199 g/mol. The van der Waals surface area contributed by atoms with E-state index in [1.165, 1.54) is 0 Å². The molecule has 0 aromatic heterocycles. The highest BCUT2D eigenvalue weighted by molar-refractivity contribution is 5.87. The highest BCUT2D eigenvalue weighted by atomic mass is 16.5. The summed E-state index contributed by atoms with van der Waals surface area (Å²) >= 11 is 0. The summed E-state index contributed by atoms with van der Waals surface area (Å²) in [5, 5.41) is 3.30. The lowest BCUT2D eigenvalue weighted by molar-refractivity contribution is -0.130. The highest BCUT2D eigenvalue weighted by Gasteiger charge is 2.38. The van der Waals surface area contributed by atoms with Crippen molar-refractivity contribution in [2.75, 3.05) is 19.8 Å². The fourth-order valence-electron chi connectivity index (χ4n) is 1.83. The van der Waals surface area contributed by atoms with Gasteiger partial charge >= 0.3 is 0 Å². The molecule has 0 aliphatic carbocycles. The van der Waals surface area contributed by atoms with Gasteiger partial charge in [0.05, 0.1) is 19.1 Å². The van der Waals surface area contributed by atoms with Crippen LogP contribution in [0, 0.1) is 11.3 Å². The van der Waals surface area contributed by atoms with E-state index in [1.807, 2.05) is 20.8 Å². The molecule has 1 aliphatic heterocycles. The number of carbonyl (C=O) groups excluding carboxylic acids is 1. The Bertz CT molecular complexity index is 208. The first-order valence-corrected chi connectivity index (χ1v) is 5.32. The summed E-state index contributed by atoms with van der Waals surface area (Å²) in [6.45, 7) is 10.1. The summed E-state index contributed by atoms with van der Waals surface area (Å²) < 4.78 is 5.36. The van der Waals surface area contributed by atoms with Crippen LogP contribution in [0.4, 0.5) is 0 Å². The first-order valence-electron chi connectivity index (χ1n) is 5.32. The SMILES string of the molecule is CCNC1COCC1C(=O)C(C)(C)C. The lowest BCUT2D eigenvalue weighted by atomic mass is 9.81. The van der Waals surface area contributed by atoms with Gasteiger partial charge in [-0.3, -0.25) is 4.79 Å². The number of Topliss-reactive ketones (excluding diaryl/α,β-unsaturated/α-hetero) is 1. The van der Waals surface area contributed by atoms with Gasteiger partial charge in [-0.1, -0.05) is 27.7 Å². The number of likely N-dealkylation sites (N-methyl/N-ethyl adjacent to an activating group) is 1. The van der Waals surface area contributed by atoms with E-state index < -0.39 is 0 Å². The zero-order valence-electron chi connectivity index (χ0n) is 9.59. The number of rotatable bonds is 3. The third-order valence-corrected chi connectivity index (χ3v) is 2.62. The first kappa shape index (κ1) is 11.7. The third-order valence-electron chi connectivity index (χ3n) is 2.62. The lowest BCUT2D eigenvalue weighted by Crippen LogP contribution is -2.42. The van der Waals surface area contributed by atoms with Crippen LogP contribution in [-0.4, -0.2) is 31.6 Å². The minimum Gasteiger partial charge on any atom is -0.379 e. The van der Waals surface area contributed by atoms with Crippen molar-refractivity contribution >= 4 is 5.78 Å². The molecule has 3 nitrogen and oxygen atoms in total. The number of ether oxygens (including phenoxy) is 1. The Morgan fingerprint density at radius 3 is 2.57 bits per heavy atom. The molecule has 1 aliphatic rings. The smallest absolute Gasteiger partial charge is 0.145 e. The van der Waals surface area contributed by atoms with Gasteiger partial charge < -0.3 is 10.1 Å². The molecule has 0 spiro atoms. The van der Waals surface area contributed by atoms with Crippen molar-refractivity contribution in [2.45, 2.75) is 33.7 Å². The molecular formula is C11H21NO2. The van der Waals surface area contributed by atoms with E-state index in [9.17, 15) is 4.79 Å². The molecule has 2 unspecified atom stereocenters. The van der Waals surface area contributed by atoms with Crippen LogP contribution >= 0.6 is 0 Å². The molecule has 0 bridgehead atoms. The van der Waals surface area contributed by atoms with Gasteiger partial charge in [0, 0.05) is 11.5 Å². The Kier molecular flexibility index (Phi) is 3.67. The van der Waals surface area contributed by atoms with Gasteiger partial charge in [-0.15, -0.1) is 0 Å². The van der Waals surface area contributed by atoms with Crippen LogP contribution in [-0.2, 0) is 9.53 Å². The molecule has 1 heterocycles. The van der Waals surface area contributed by atoms with Crippen LogP contribution in [0.1, 0.15) is 27.7 Å². The fourth-order valence-corrected chi connectivity index (χ4v) is 1.83. The number of hydrogen-bond donors (Lipinski definition) is 1. The van der Waals surface area contributed by atoms with Crippen LogP contribution < -0.4 is 5.32 Å². The zero-order valence-corrected chi connectivity index (χ0v) is 9.59. The van der Waals surface area contributed by atoms with Crippen LogP contribution in [0.25, 0.3) is 0 Å². The van der Waals surface area contributed by atoms with E-state index in [1.54, 1.807) is 0 Å². The molecule has 1 saturated heterocycles. The van der Waals surface area contributed by atoms with Crippen molar-refractivity contribution in [2.24, 2.45) is 11.3 Å². The number of ketones is 1. The van der Waals surface area contributed by atoms with Gasteiger partial charge in [0.2, 0.25) is 0 Å². The molecule has 0 aromatic rings. The summed E-state index contributed by atoms with van der Waals surface area (Å²) in [6, 6.07) is 0.215. The van der Waals surface area contributed by atoms with Gasteiger partial charge in [0.25, 0.3) is 0 Å². The second-order valence-electron chi connectivity index (χ2n) is 4.92. The zero-order chi connectivity index (χ0) is 10.8. The summed E-state index contributed by atoms with van der Waals surface area (Å²) in [5.41, 5.74) is -0.258. The maximum absolute atomic E-state index is 12.0. The Morgan fingerprint density at radius 2 is 2.07 bits per heavy atom. The van der Waals surface area contributed by atoms with Crippen LogP contribution in [0.15, 0.2) is 0 Å². The number of nitrogens with one attached hydrogen (secondary N) is 1. The van der Waals surface area contributed by atoms with Crippen molar-refractivity contribution in [3.63, 3.8) is 0 Å². The van der Waals surface area contributed by atoms with Crippen LogP contribution in [0.5, 0.6) is 0 Å². The number of hydrogen-bond acceptors (Lipinski definition) is 3. The largest absolute Gasteiger partial charge is 0.379 e. The van der Waals surface area contributed by atoms with Crippen molar-refractivity contribution < 1.29 is 9.53 Å². The van der Waals surface area contributed by atoms with Crippen molar-refractivity contribution in [1.29, 1.82) is 0 Å². The van der Waals surface area contributed by atoms with Gasteiger partial charge in [-0.2, -0.15) is 0 Å². The van der Waals surface area contributed by atoms with E-state index in [-0.39, 0.29) is 17.4 Å². The summed E-state index contributed by atoms with van der Waals surface area (Å²) in [4.78, 5) is 12.0. The van der Waals surface area contributed by atoms with E-state index >= 15 is 0 Å². The van der Waals surface area contributed by atoms with Crippen molar-refractivity contribution in [3.8, 4) is 0 Å². The Hall–Kier alpha value is -0.410. The maximum atomic E-state index is 12.0. The van der Waals surface area contributed by atoms with E-state index in [2.05, 4.69) is 12.2 Å². The standard InChI is InChI=1S/C11H21NO2/c1-5-12-9-7-14-6-8(9)10(13)11(2,3)4/h8-9,12H,5-7H2,1-4H3. The molecule has 1 N–H and O–H groups in total. The van der Waals surface area contributed by atoms with Gasteiger partial charge in [0.15, 0.2) is 0 Å². The average molecular weight is 199 g/mol. The third kappa shape index (κ3) is 2.55. The molecule has 0 amide bonds. The second kappa shape index (κ2) is 4.41. The Labute approximate surface area is 86.2 Å². The molecule has 14 heavy (non-hydrogen) atoms. The molecular weight excluding hydrogens is 178 g/mol. The fraction of sp³-hybridized carbons (Fsp3) is 0.909. The molecule has 1 rings (SSSR count). The molecule has 3 heteroatoms. The predicted molar refractivity (Wildman–Crippen MR) is 56.2 cm³/mol. The maximum Gasteiger partial charge on any atom is 0.145 e. The van der Waals surface area contributed by atoms with E-state index in [0.29, 0.717) is 19.0 Å². The minimum atomic E-state index is -0.258. The van der Waals surface area contributed by atoms with E-state index in [4.69, 9.17) is 4.74 Å². The first-order chi connectivity index (χ1) is 6.46. The average Bonchev–Trinajstić information content (AvgIpc) is 2.50. The molecule has 1 fully saturated rings. The quantitative estimate of drug-likeness (QED) is 0.743. The summed E-state index contributed by atoms with van der Waals surface area (Å²) in [7, 11) is 0. The van der Waals surface area contributed by atoms with Crippen LogP contribution in [0.2, 0.25) is 0 Å². The van der Waals surface area contributed by atoms with Crippen LogP contribution in [0.3, 0.4) is 0 Å². The molecule has 2 atom stereocenters. The van der Waals surface area contributed by atoms with Crippen molar-refractivity contribution in [1.82, 2.24) is 5.32 Å². The Morgan fingerprint density at radius 1 is 1.43 bits per heavy atom. The van der Waals surface area contributed by atoms with Crippen molar-refractivity contribution in [3.05, 3.63) is 0 Å².